The maximum absolute atomic E-state index is 13.6. The molecule has 1 N–H and O–H groups in total. The lowest BCUT2D eigenvalue weighted by Gasteiger charge is -2.31. The minimum atomic E-state index is -0.695. The summed E-state index contributed by atoms with van der Waals surface area (Å²) in [6, 6.07) is 20.1. The third kappa shape index (κ3) is 7.84. The molecule has 0 fully saturated rings. The van der Waals surface area contributed by atoms with Gasteiger partial charge in [0, 0.05) is 29.0 Å². The van der Waals surface area contributed by atoms with Crippen molar-refractivity contribution in [3.8, 4) is 5.75 Å². The summed E-state index contributed by atoms with van der Waals surface area (Å²) >= 11 is 9.64. The molecule has 3 aromatic rings. The summed E-state index contributed by atoms with van der Waals surface area (Å²) in [7, 11) is 0. The molecule has 2 amide bonds. The number of benzene rings is 3. The van der Waals surface area contributed by atoms with Gasteiger partial charge in [0.15, 0.2) is 6.61 Å². The minimum absolute atomic E-state index is 0.180. The smallest absolute Gasteiger partial charge is 0.261 e. The molecule has 0 aliphatic carbocycles. The summed E-state index contributed by atoms with van der Waals surface area (Å²) in [5.41, 5.74) is 3.90. The second-order valence-electron chi connectivity index (χ2n) is 8.80. The van der Waals surface area contributed by atoms with Crippen LogP contribution in [-0.2, 0) is 22.6 Å². The quantitative estimate of drug-likeness (QED) is 0.295. The number of nitrogens with zero attached hydrogens (tertiary/aromatic N) is 1. The van der Waals surface area contributed by atoms with Gasteiger partial charge in [-0.2, -0.15) is 0 Å². The van der Waals surface area contributed by atoms with Crippen molar-refractivity contribution < 1.29 is 14.3 Å². The molecule has 0 bridgehead atoms. The predicted octanol–water partition coefficient (Wildman–Crippen LogP) is 6.26. The monoisotopic (exact) mass is 570 g/mol. The number of amides is 2. The first-order valence-electron chi connectivity index (χ1n) is 12.0. The number of carbonyl (C=O) groups is 2. The number of rotatable bonds is 11. The predicted molar refractivity (Wildman–Crippen MR) is 148 cm³/mol. The first kappa shape index (κ1) is 27.8. The van der Waals surface area contributed by atoms with E-state index in [1.54, 1.807) is 17.0 Å². The third-order valence-corrected chi connectivity index (χ3v) is 7.36. The Morgan fingerprint density at radius 1 is 1.00 bits per heavy atom. The number of hydrogen-bond acceptors (Lipinski definition) is 3. The first-order chi connectivity index (χ1) is 17.3. The van der Waals surface area contributed by atoms with Crippen LogP contribution in [0.5, 0.6) is 5.75 Å². The van der Waals surface area contributed by atoms with E-state index in [1.807, 2.05) is 75.4 Å². The molecule has 1 atom stereocenters. The third-order valence-electron chi connectivity index (χ3n) is 5.86. The molecule has 0 saturated carbocycles. The molecule has 3 rings (SSSR count). The zero-order chi connectivity index (χ0) is 26.1. The normalized spacial score (nSPS) is 11.6. The van der Waals surface area contributed by atoms with Crippen LogP contribution in [0.3, 0.4) is 0 Å². The summed E-state index contributed by atoms with van der Waals surface area (Å²) in [6.07, 6.45) is 1.20. The Morgan fingerprint density at radius 3 is 2.25 bits per heavy atom. The Labute approximate surface area is 226 Å². The van der Waals surface area contributed by atoms with E-state index < -0.39 is 6.04 Å². The van der Waals surface area contributed by atoms with Gasteiger partial charge in [-0.1, -0.05) is 76.9 Å². The molecule has 190 valence electrons. The molecule has 0 aliphatic rings. The maximum atomic E-state index is 13.6. The van der Waals surface area contributed by atoms with Crippen molar-refractivity contribution in [2.75, 3.05) is 13.2 Å². The molecule has 0 aliphatic heterocycles. The number of ether oxygens (including phenoxy) is 1. The molecule has 1 unspecified atom stereocenters. The van der Waals surface area contributed by atoms with Gasteiger partial charge in [0.05, 0.1) is 0 Å². The van der Waals surface area contributed by atoms with E-state index in [-0.39, 0.29) is 25.0 Å². The minimum Gasteiger partial charge on any atom is -0.484 e. The van der Waals surface area contributed by atoms with Gasteiger partial charge in [0.25, 0.3) is 5.91 Å². The lowest BCUT2D eigenvalue weighted by Crippen LogP contribution is -2.51. The van der Waals surface area contributed by atoms with Gasteiger partial charge < -0.3 is 15.0 Å². The Bertz CT molecular complexity index is 1150. The second-order valence-corrected chi connectivity index (χ2v) is 10.0. The van der Waals surface area contributed by atoms with Crippen molar-refractivity contribution in [1.82, 2.24) is 10.2 Å². The van der Waals surface area contributed by atoms with Crippen LogP contribution >= 0.6 is 27.5 Å². The average Bonchev–Trinajstić information content (AvgIpc) is 2.88. The van der Waals surface area contributed by atoms with Gasteiger partial charge in [-0.3, -0.25) is 9.59 Å². The molecule has 3 aromatic carbocycles. The zero-order valence-electron chi connectivity index (χ0n) is 20.9. The highest BCUT2D eigenvalue weighted by Crippen LogP contribution is 2.26. The molecule has 0 saturated heterocycles. The van der Waals surface area contributed by atoms with Gasteiger partial charge in [-0.05, 0) is 66.8 Å². The van der Waals surface area contributed by atoms with Crippen LogP contribution < -0.4 is 10.1 Å². The molecule has 0 spiro atoms. The summed E-state index contributed by atoms with van der Waals surface area (Å²) in [5.74, 6) is 0.164. The molecule has 0 heterocycles. The molecule has 7 heteroatoms. The largest absolute Gasteiger partial charge is 0.484 e. The highest BCUT2D eigenvalue weighted by molar-refractivity contribution is 9.10. The van der Waals surface area contributed by atoms with Crippen molar-refractivity contribution in [3.63, 3.8) is 0 Å². The van der Waals surface area contributed by atoms with Crippen LogP contribution in [-0.4, -0.2) is 35.9 Å². The zero-order valence-corrected chi connectivity index (χ0v) is 23.2. The van der Waals surface area contributed by atoms with E-state index in [2.05, 4.69) is 21.2 Å². The van der Waals surface area contributed by atoms with E-state index in [9.17, 15) is 9.59 Å². The van der Waals surface area contributed by atoms with Gasteiger partial charge >= 0.3 is 0 Å². The summed E-state index contributed by atoms with van der Waals surface area (Å²) < 4.78 is 6.93. The van der Waals surface area contributed by atoms with E-state index in [0.29, 0.717) is 23.7 Å². The molecule has 0 radical (unpaired) electrons. The number of aryl methyl sites for hydroxylation is 2. The van der Waals surface area contributed by atoms with Crippen molar-refractivity contribution in [3.05, 3.63) is 98.5 Å². The molecule has 0 aromatic heterocycles. The summed E-state index contributed by atoms with van der Waals surface area (Å²) in [6.45, 7) is 6.58. The van der Waals surface area contributed by atoms with Crippen LogP contribution in [0.15, 0.2) is 71.2 Å². The van der Waals surface area contributed by atoms with E-state index in [1.165, 1.54) is 0 Å². The van der Waals surface area contributed by atoms with Crippen LogP contribution in [0.2, 0.25) is 5.02 Å². The Hall–Kier alpha value is -2.83. The first-order valence-corrected chi connectivity index (χ1v) is 13.2. The molecular weight excluding hydrogens is 540 g/mol. The Kier molecular flexibility index (Phi) is 10.4. The van der Waals surface area contributed by atoms with Crippen molar-refractivity contribution in [2.45, 2.75) is 46.2 Å². The van der Waals surface area contributed by atoms with E-state index in [0.717, 1.165) is 33.1 Å². The summed E-state index contributed by atoms with van der Waals surface area (Å²) in [4.78, 5) is 28.6. The van der Waals surface area contributed by atoms with Crippen molar-refractivity contribution in [1.29, 1.82) is 0 Å². The highest BCUT2D eigenvalue weighted by atomic mass is 79.9. The molecule has 5 nitrogen and oxygen atoms in total. The SMILES string of the molecule is CCCNC(=O)C(Cc1ccccc1)N(Cc1ccc(Cl)cc1)C(=O)COc1cc(C)c(Br)c(C)c1. The van der Waals surface area contributed by atoms with E-state index in [4.69, 9.17) is 16.3 Å². The standard InChI is InChI=1S/C29H32BrClN2O3/c1-4-14-32-29(35)26(17-22-8-6-5-7-9-22)33(18-23-10-12-24(31)13-11-23)27(34)19-36-25-15-20(2)28(30)21(3)16-25/h5-13,15-16,26H,4,14,17-19H2,1-3H3,(H,32,35). The van der Waals surface area contributed by atoms with Crippen molar-refractivity contribution >= 4 is 39.3 Å². The number of halogens is 2. The molecular formula is C29H32BrClN2O3. The number of hydrogen-bond donors (Lipinski definition) is 1. The van der Waals surface area contributed by atoms with Crippen molar-refractivity contribution in [2.24, 2.45) is 0 Å². The lowest BCUT2D eigenvalue weighted by atomic mass is 10.0. The summed E-state index contributed by atoms with van der Waals surface area (Å²) in [5, 5.41) is 3.59. The van der Waals surface area contributed by atoms with E-state index >= 15 is 0 Å². The topological polar surface area (TPSA) is 58.6 Å². The fraction of sp³-hybridized carbons (Fsp3) is 0.310. The lowest BCUT2D eigenvalue weighted by molar-refractivity contribution is -0.142. The highest BCUT2D eigenvalue weighted by Gasteiger charge is 2.30. The van der Waals surface area contributed by atoms with Crippen LogP contribution in [0.4, 0.5) is 0 Å². The Balaban J connectivity index is 1.90. The van der Waals surface area contributed by atoms with Gasteiger partial charge in [-0.25, -0.2) is 0 Å². The van der Waals surface area contributed by atoms with Gasteiger partial charge in [0.1, 0.15) is 11.8 Å². The van der Waals surface area contributed by atoms with Gasteiger partial charge in [0.2, 0.25) is 5.91 Å². The van der Waals surface area contributed by atoms with Crippen LogP contribution in [0, 0.1) is 13.8 Å². The number of carbonyl (C=O) groups excluding carboxylic acids is 2. The number of nitrogens with one attached hydrogen (secondary N) is 1. The fourth-order valence-electron chi connectivity index (χ4n) is 3.92. The molecule has 36 heavy (non-hydrogen) atoms. The van der Waals surface area contributed by atoms with Gasteiger partial charge in [-0.15, -0.1) is 0 Å². The average molecular weight is 572 g/mol. The second kappa shape index (κ2) is 13.5. The fourth-order valence-corrected chi connectivity index (χ4v) is 4.28. The van der Waals surface area contributed by atoms with Crippen LogP contribution in [0.1, 0.15) is 35.6 Å². The van der Waals surface area contributed by atoms with Crippen LogP contribution in [0.25, 0.3) is 0 Å². The maximum Gasteiger partial charge on any atom is 0.261 e. The Morgan fingerprint density at radius 2 is 1.64 bits per heavy atom.